The van der Waals surface area contributed by atoms with Crippen LogP contribution in [0, 0.1) is 0 Å². The molecule has 0 atom stereocenters. The van der Waals surface area contributed by atoms with E-state index in [9.17, 15) is 0 Å². The Morgan fingerprint density at radius 3 is 2.13 bits per heavy atom. The molecule has 0 fully saturated rings. The van der Waals surface area contributed by atoms with E-state index in [2.05, 4.69) is 126 Å². The van der Waals surface area contributed by atoms with E-state index < -0.39 is 0 Å². The van der Waals surface area contributed by atoms with Crippen LogP contribution in [0.4, 0.5) is 0 Å². The van der Waals surface area contributed by atoms with Gasteiger partial charge in [0.1, 0.15) is 5.01 Å². The van der Waals surface area contributed by atoms with Gasteiger partial charge in [-0.3, -0.25) is 0 Å². The number of benzene rings is 6. The highest BCUT2D eigenvalue weighted by atomic mass is 32.1. The van der Waals surface area contributed by atoms with Gasteiger partial charge in [0, 0.05) is 42.2 Å². The van der Waals surface area contributed by atoms with Gasteiger partial charge < -0.3 is 4.57 Å². The molecule has 4 heteroatoms. The van der Waals surface area contributed by atoms with Crippen molar-refractivity contribution in [1.82, 2.24) is 9.55 Å². The lowest BCUT2D eigenvalue weighted by atomic mass is 10.0. The molecule has 39 heavy (non-hydrogen) atoms. The molecule has 0 aliphatic carbocycles. The molecular formula is C35H20N2S2. The molecule has 9 aromatic rings. The van der Waals surface area contributed by atoms with Gasteiger partial charge in [0.15, 0.2) is 0 Å². The SMILES string of the molecule is c1ccc2c(c1)ccc1c2c2ccccc2n1-c1ccc(-c2nc3c(ccc4sc5ccccc5c43)s2)cc1. The fraction of sp³-hybridized carbons (Fsp3) is 0. The van der Waals surface area contributed by atoms with Crippen molar-refractivity contribution >= 4 is 85.6 Å². The summed E-state index contributed by atoms with van der Waals surface area (Å²) in [6.07, 6.45) is 0. The van der Waals surface area contributed by atoms with Crippen molar-refractivity contribution in [2.45, 2.75) is 0 Å². The summed E-state index contributed by atoms with van der Waals surface area (Å²) in [6, 6.07) is 43.9. The minimum atomic E-state index is 1.06. The normalized spacial score (nSPS) is 12.1. The van der Waals surface area contributed by atoms with E-state index in [1.165, 1.54) is 57.5 Å². The number of hydrogen-bond donors (Lipinski definition) is 0. The van der Waals surface area contributed by atoms with Crippen LogP contribution < -0.4 is 0 Å². The number of rotatable bonds is 2. The van der Waals surface area contributed by atoms with Crippen LogP contribution in [-0.2, 0) is 0 Å². The van der Waals surface area contributed by atoms with Crippen LogP contribution >= 0.6 is 22.7 Å². The molecule has 0 spiro atoms. The molecule has 2 nitrogen and oxygen atoms in total. The molecule has 0 saturated heterocycles. The van der Waals surface area contributed by atoms with Gasteiger partial charge in [-0.05, 0) is 65.4 Å². The first kappa shape index (κ1) is 21.4. The predicted octanol–water partition coefficient (Wildman–Crippen LogP) is 10.6. The van der Waals surface area contributed by atoms with Gasteiger partial charge in [0.05, 0.1) is 21.3 Å². The summed E-state index contributed by atoms with van der Waals surface area (Å²) in [5.74, 6) is 0. The Bertz CT molecular complexity index is 2390. The zero-order chi connectivity index (χ0) is 25.5. The fourth-order valence-corrected chi connectivity index (χ4v) is 8.18. The number of fused-ring (bicyclic) bond motifs is 10. The van der Waals surface area contributed by atoms with Gasteiger partial charge in [-0.25, -0.2) is 4.98 Å². The number of thiophene rings is 1. The maximum atomic E-state index is 5.18. The molecule has 0 N–H and O–H groups in total. The van der Waals surface area contributed by atoms with Crippen LogP contribution in [0.5, 0.6) is 0 Å². The molecule has 0 aliphatic rings. The molecule has 0 aliphatic heterocycles. The van der Waals surface area contributed by atoms with Crippen LogP contribution in [0.25, 0.3) is 79.2 Å². The third-order valence-corrected chi connectivity index (χ3v) is 10.0. The number of para-hydroxylation sites is 1. The molecule has 9 rings (SSSR count). The van der Waals surface area contributed by atoms with Gasteiger partial charge >= 0.3 is 0 Å². The highest BCUT2D eigenvalue weighted by molar-refractivity contribution is 7.26. The molecule has 0 unspecified atom stereocenters. The first-order valence-corrected chi connectivity index (χ1v) is 14.7. The van der Waals surface area contributed by atoms with Gasteiger partial charge in [0.2, 0.25) is 0 Å². The zero-order valence-electron chi connectivity index (χ0n) is 20.8. The Morgan fingerprint density at radius 1 is 0.487 bits per heavy atom. The summed E-state index contributed by atoms with van der Waals surface area (Å²) in [5, 5.41) is 8.80. The summed E-state index contributed by atoms with van der Waals surface area (Å²) in [6.45, 7) is 0. The maximum Gasteiger partial charge on any atom is 0.124 e. The van der Waals surface area contributed by atoms with Crippen molar-refractivity contribution < 1.29 is 0 Å². The monoisotopic (exact) mass is 532 g/mol. The Balaban J connectivity index is 1.22. The van der Waals surface area contributed by atoms with Crippen molar-refractivity contribution in [3.63, 3.8) is 0 Å². The van der Waals surface area contributed by atoms with E-state index in [0.29, 0.717) is 0 Å². The van der Waals surface area contributed by atoms with E-state index in [-0.39, 0.29) is 0 Å². The summed E-state index contributed by atoms with van der Waals surface area (Å²) in [7, 11) is 0. The largest absolute Gasteiger partial charge is 0.309 e. The molecule has 0 bridgehead atoms. The quantitative estimate of drug-likeness (QED) is 0.216. The average molecular weight is 533 g/mol. The summed E-state index contributed by atoms with van der Waals surface area (Å²) in [4.78, 5) is 5.18. The first-order valence-electron chi connectivity index (χ1n) is 13.1. The molecular weight excluding hydrogens is 513 g/mol. The first-order chi connectivity index (χ1) is 19.3. The third-order valence-electron chi connectivity index (χ3n) is 7.83. The highest BCUT2D eigenvalue weighted by Crippen LogP contribution is 2.42. The predicted molar refractivity (Wildman–Crippen MR) is 170 cm³/mol. The maximum absolute atomic E-state index is 5.18. The minimum absolute atomic E-state index is 1.06. The smallest absolute Gasteiger partial charge is 0.124 e. The Morgan fingerprint density at radius 2 is 1.23 bits per heavy atom. The van der Waals surface area contributed by atoms with Crippen molar-refractivity contribution in [2.75, 3.05) is 0 Å². The standard InChI is InChI=1S/C35H20N2S2/c1-2-8-24-21(7-1)15-18-28-32(24)25-9-3-5-11-27(25)37(28)23-16-13-22(14-17-23)35-36-34-31(39-35)20-19-30-33(34)26-10-4-6-12-29(26)38-30/h1-20H. The summed E-state index contributed by atoms with van der Waals surface area (Å²) >= 11 is 3.62. The van der Waals surface area contributed by atoms with Gasteiger partial charge in [0.25, 0.3) is 0 Å². The Labute approximate surface area is 232 Å². The second-order valence-corrected chi connectivity index (χ2v) is 12.1. The molecule has 182 valence electrons. The van der Waals surface area contributed by atoms with Crippen LogP contribution in [-0.4, -0.2) is 9.55 Å². The molecule has 0 amide bonds. The number of thiazole rings is 1. The summed E-state index contributed by atoms with van der Waals surface area (Å²) in [5.41, 5.74) is 5.88. The topological polar surface area (TPSA) is 17.8 Å². The van der Waals surface area contributed by atoms with Crippen LogP contribution in [0.2, 0.25) is 0 Å². The van der Waals surface area contributed by atoms with Gasteiger partial charge in [-0.2, -0.15) is 0 Å². The minimum Gasteiger partial charge on any atom is -0.309 e. The van der Waals surface area contributed by atoms with Crippen molar-refractivity contribution in [3.05, 3.63) is 121 Å². The molecule has 3 aromatic heterocycles. The number of nitrogens with zero attached hydrogens (tertiary/aromatic N) is 2. The lowest BCUT2D eigenvalue weighted by molar-refractivity contribution is 1.18. The number of hydrogen-bond acceptors (Lipinski definition) is 3. The molecule has 3 heterocycles. The van der Waals surface area contributed by atoms with E-state index in [4.69, 9.17) is 4.98 Å². The van der Waals surface area contributed by atoms with Gasteiger partial charge in [-0.15, -0.1) is 22.7 Å². The van der Waals surface area contributed by atoms with Crippen LogP contribution in [0.15, 0.2) is 121 Å². The van der Waals surface area contributed by atoms with Crippen molar-refractivity contribution in [3.8, 4) is 16.3 Å². The fourth-order valence-electron chi connectivity index (χ4n) is 6.10. The number of aromatic nitrogens is 2. The van der Waals surface area contributed by atoms with E-state index in [1.807, 2.05) is 11.3 Å². The second kappa shape index (κ2) is 8.00. The van der Waals surface area contributed by atoms with Crippen molar-refractivity contribution in [2.24, 2.45) is 0 Å². The van der Waals surface area contributed by atoms with Crippen molar-refractivity contribution in [1.29, 1.82) is 0 Å². The Kier molecular flexibility index (Phi) is 4.39. The zero-order valence-corrected chi connectivity index (χ0v) is 22.4. The highest BCUT2D eigenvalue weighted by Gasteiger charge is 2.16. The van der Waals surface area contributed by atoms with E-state index in [1.54, 1.807) is 11.3 Å². The molecule has 0 radical (unpaired) electrons. The molecule has 0 saturated carbocycles. The van der Waals surface area contributed by atoms with E-state index >= 15 is 0 Å². The lowest BCUT2D eigenvalue weighted by Gasteiger charge is -2.09. The molecule has 6 aromatic carbocycles. The van der Waals surface area contributed by atoms with Gasteiger partial charge in [-0.1, -0.05) is 66.7 Å². The second-order valence-electron chi connectivity index (χ2n) is 9.98. The average Bonchev–Trinajstić information content (AvgIpc) is 3.68. The third kappa shape index (κ3) is 3.04. The van der Waals surface area contributed by atoms with Crippen LogP contribution in [0.3, 0.4) is 0 Å². The summed E-state index contributed by atoms with van der Waals surface area (Å²) < 4.78 is 6.24. The Hall–Kier alpha value is -4.51. The van der Waals surface area contributed by atoms with Crippen LogP contribution in [0.1, 0.15) is 0 Å². The van der Waals surface area contributed by atoms with E-state index in [0.717, 1.165) is 21.8 Å². The lowest BCUT2D eigenvalue weighted by Crippen LogP contribution is -1.93.